The van der Waals surface area contributed by atoms with E-state index in [1.54, 1.807) is 13.8 Å². The molecule has 122 valence electrons. The standard InChI is InChI=1S/C14H11F3N2O4/c1-8(2)5-6-13(14(15,16)17)10-7-9(19(21)22)3-4-11(10)18-12(20)23-13/h3-4,7-8H,1-2H3,(H,18,20)/t13-/m0/s1. The van der Waals surface area contributed by atoms with Crippen molar-refractivity contribution < 1.29 is 27.6 Å². The number of halogens is 3. The van der Waals surface area contributed by atoms with Gasteiger partial charge in [0.15, 0.2) is 0 Å². The van der Waals surface area contributed by atoms with E-state index in [2.05, 4.69) is 16.0 Å². The van der Waals surface area contributed by atoms with Crippen molar-refractivity contribution in [1.29, 1.82) is 0 Å². The Kier molecular flexibility index (Phi) is 3.94. The normalized spacial score (nSPS) is 20.0. The highest BCUT2D eigenvalue weighted by molar-refractivity contribution is 5.90. The molecule has 0 unspecified atom stereocenters. The number of benzene rings is 1. The van der Waals surface area contributed by atoms with Crippen LogP contribution >= 0.6 is 0 Å². The number of non-ortho nitro benzene ring substituents is 1. The largest absolute Gasteiger partial charge is 0.445 e. The Bertz CT molecular complexity index is 734. The topological polar surface area (TPSA) is 81.5 Å². The van der Waals surface area contributed by atoms with Gasteiger partial charge in [-0.1, -0.05) is 19.8 Å². The Morgan fingerprint density at radius 2 is 2.04 bits per heavy atom. The molecule has 1 atom stereocenters. The van der Waals surface area contributed by atoms with Crippen LogP contribution in [0.25, 0.3) is 0 Å². The fourth-order valence-electron chi connectivity index (χ4n) is 2.00. The Morgan fingerprint density at radius 3 is 2.57 bits per heavy atom. The third kappa shape index (κ3) is 2.92. The molecule has 1 aliphatic rings. The van der Waals surface area contributed by atoms with Crippen LogP contribution in [0.5, 0.6) is 0 Å². The van der Waals surface area contributed by atoms with Gasteiger partial charge in [0.2, 0.25) is 0 Å². The van der Waals surface area contributed by atoms with Crippen molar-refractivity contribution in [2.75, 3.05) is 5.32 Å². The first-order valence-corrected chi connectivity index (χ1v) is 6.45. The smallest absolute Gasteiger partial charge is 0.415 e. The molecule has 6 nitrogen and oxygen atoms in total. The summed E-state index contributed by atoms with van der Waals surface area (Å²) < 4.78 is 45.4. The number of alkyl halides is 3. The molecule has 23 heavy (non-hydrogen) atoms. The van der Waals surface area contributed by atoms with E-state index in [1.807, 2.05) is 5.92 Å². The van der Waals surface area contributed by atoms with Crippen molar-refractivity contribution in [2.45, 2.75) is 25.6 Å². The van der Waals surface area contributed by atoms with Gasteiger partial charge < -0.3 is 4.74 Å². The molecular weight excluding hydrogens is 317 g/mol. The van der Waals surface area contributed by atoms with Crippen molar-refractivity contribution in [3.63, 3.8) is 0 Å². The summed E-state index contributed by atoms with van der Waals surface area (Å²) in [7, 11) is 0. The van der Waals surface area contributed by atoms with Crippen LogP contribution in [0.15, 0.2) is 18.2 Å². The van der Waals surface area contributed by atoms with Gasteiger partial charge in [-0.25, -0.2) is 4.79 Å². The molecule has 9 heteroatoms. The second-order valence-electron chi connectivity index (χ2n) is 5.10. The zero-order valence-electron chi connectivity index (χ0n) is 12.0. The Labute approximate surface area is 128 Å². The molecule has 1 amide bonds. The fourth-order valence-corrected chi connectivity index (χ4v) is 2.00. The summed E-state index contributed by atoms with van der Waals surface area (Å²) >= 11 is 0. The summed E-state index contributed by atoms with van der Waals surface area (Å²) in [5.74, 6) is 3.85. The van der Waals surface area contributed by atoms with Gasteiger partial charge >= 0.3 is 12.3 Å². The van der Waals surface area contributed by atoms with Gasteiger partial charge in [0, 0.05) is 23.6 Å². The van der Waals surface area contributed by atoms with Crippen LogP contribution in [0, 0.1) is 27.9 Å². The maximum atomic E-state index is 13.7. The molecule has 0 spiro atoms. The summed E-state index contributed by atoms with van der Waals surface area (Å²) in [5, 5.41) is 12.9. The molecule has 1 heterocycles. The number of hydrogen-bond donors (Lipinski definition) is 1. The molecule has 1 aromatic carbocycles. The highest BCUT2D eigenvalue weighted by Gasteiger charge is 2.62. The molecule has 0 saturated carbocycles. The lowest BCUT2D eigenvalue weighted by molar-refractivity contribution is -0.385. The van der Waals surface area contributed by atoms with E-state index >= 15 is 0 Å². The van der Waals surface area contributed by atoms with E-state index in [0.717, 1.165) is 12.1 Å². The number of cyclic esters (lactones) is 1. The zero-order chi connectivity index (χ0) is 17.4. The number of anilines is 1. The summed E-state index contributed by atoms with van der Waals surface area (Å²) in [6, 6.07) is 2.71. The molecule has 0 fully saturated rings. The second-order valence-corrected chi connectivity index (χ2v) is 5.10. The molecule has 0 aliphatic carbocycles. The number of ether oxygens (including phenoxy) is 1. The number of hydrogen-bond acceptors (Lipinski definition) is 4. The number of amides is 1. The molecule has 0 saturated heterocycles. The highest BCUT2D eigenvalue weighted by Crippen LogP contribution is 2.48. The van der Waals surface area contributed by atoms with Crippen LogP contribution < -0.4 is 5.32 Å². The summed E-state index contributed by atoms with van der Waals surface area (Å²) in [4.78, 5) is 21.5. The number of nitro groups is 1. The Hall–Kier alpha value is -2.76. The quantitative estimate of drug-likeness (QED) is 0.485. The summed E-state index contributed by atoms with van der Waals surface area (Å²) in [6.45, 7) is 3.13. The number of nitro benzene ring substituents is 1. The Balaban J connectivity index is 2.78. The van der Waals surface area contributed by atoms with Crippen molar-refractivity contribution in [1.82, 2.24) is 0 Å². The number of carbonyl (C=O) groups excluding carboxylic acids is 1. The molecule has 1 aliphatic heterocycles. The molecule has 0 bridgehead atoms. The average Bonchev–Trinajstić information content (AvgIpc) is 2.42. The van der Waals surface area contributed by atoms with E-state index in [-0.39, 0.29) is 5.69 Å². The number of fused-ring (bicyclic) bond motifs is 1. The molecule has 1 N–H and O–H groups in total. The zero-order valence-corrected chi connectivity index (χ0v) is 12.0. The van der Waals surface area contributed by atoms with Crippen LogP contribution in [0.3, 0.4) is 0 Å². The van der Waals surface area contributed by atoms with Crippen LogP contribution in [0.2, 0.25) is 0 Å². The number of rotatable bonds is 1. The van der Waals surface area contributed by atoms with Gasteiger partial charge in [-0.2, -0.15) is 13.2 Å². The first-order chi connectivity index (χ1) is 10.6. The van der Waals surface area contributed by atoms with Gasteiger partial charge in [-0.05, 0) is 12.0 Å². The minimum Gasteiger partial charge on any atom is -0.415 e. The second kappa shape index (κ2) is 5.46. The lowest BCUT2D eigenvalue weighted by Gasteiger charge is -2.35. The molecular formula is C14H11F3N2O4. The first kappa shape index (κ1) is 16.6. The molecule has 1 aromatic rings. The molecule has 0 radical (unpaired) electrons. The van der Waals surface area contributed by atoms with Crippen molar-refractivity contribution in [3.8, 4) is 11.8 Å². The van der Waals surface area contributed by atoms with Gasteiger partial charge in [0.25, 0.3) is 11.3 Å². The number of nitrogens with zero attached hydrogens (tertiary/aromatic N) is 1. The monoisotopic (exact) mass is 328 g/mol. The van der Waals surface area contributed by atoms with Gasteiger partial charge in [0.1, 0.15) is 0 Å². The van der Waals surface area contributed by atoms with E-state index < -0.39 is 40.0 Å². The van der Waals surface area contributed by atoms with E-state index in [0.29, 0.717) is 6.07 Å². The predicted octanol–water partition coefficient (Wildman–Crippen LogP) is 3.57. The van der Waals surface area contributed by atoms with Crippen molar-refractivity contribution >= 4 is 17.5 Å². The summed E-state index contributed by atoms with van der Waals surface area (Å²) in [6.07, 6.45) is -6.40. The lowest BCUT2D eigenvalue weighted by atomic mass is 9.89. The van der Waals surface area contributed by atoms with Gasteiger partial charge in [0.05, 0.1) is 10.6 Å². The minimum absolute atomic E-state index is 0.234. The number of carbonyl (C=O) groups is 1. The van der Waals surface area contributed by atoms with Crippen LogP contribution in [0.1, 0.15) is 19.4 Å². The maximum Gasteiger partial charge on any atom is 0.445 e. The highest BCUT2D eigenvalue weighted by atomic mass is 19.4. The van der Waals surface area contributed by atoms with Crippen molar-refractivity contribution in [2.24, 2.45) is 5.92 Å². The van der Waals surface area contributed by atoms with E-state index in [1.165, 1.54) is 0 Å². The minimum atomic E-state index is -5.07. The van der Waals surface area contributed by atoms with Crippen molar-refractivity contribution in [3.05, 3.63) is 33.9 Å². The molecule has 0 aromatic heterocycles. The predicted molar refractivity (Wildman–Crippen MR) is 73.5 cm³/mol. The van der Waals surface area contributed by atoms with Crippen LogP contribution in [0.4, 0.5) is 29.3 Å². The third-order valence-corrected chi connectivity index (χ3v) is 3.01. The van der Waals surface area contributed by atoms with E-state index in [4.69, 9.17) is 0 Å². The van der Waals surface area contributed by atoms with Crippen LogP contribution in [-0.2, 0) is 10.3 Å². The third-order valence-electron chi connectivity index (χ3n) is 3.01. The average molecular weight is 328 g/mol. The lowest BCUT2D eigenvalue weighted by Crippen LogP contribution is -2.49. The maximum absolute atomic E-state index is 13.7. The Morgan fingerprint density at radius 1 is 1.39 bits per heavy atom. The fraction of sp³-hybridized carbons (Fsp3) is 0.357. The van der Waals surface area contributed by atoms with Gasteiger partial charge in [-0.15, -0.1) is 0 Å². The van der Waals surface area contributed by atoms with E-state index in [9.17, 15) is 28.1 Å². The first-order valence-electron chi connectivity index (χ1n) is 6.45. The summed E-state index contributed by atoms with van der Waals surface area (Å²) in [5.41, 5.74) is -4.67. The molecule has 2 rings (SSSR count). The van der Waals surface area contributed by atoms with Gasteiger partial charge in [-0.3, -0.25) is 15.4 Å². The SMILES string of the molecule is CC(C)C#C[C@]1(C(F)(F)F)OC(=O)Nc2ccc([N+](=O)[O-])cc21. The number of nitrogens with one attached hydrogen (secondary N) is 1. The van der Waals surface area contributed by atoms with Crippen LogP contribution in [-0.4, -0.2) is 17.2 Å².